The fourth-order valence-corrected chi connectivity index (χ4v) is 3.83. The van der Waals surface area contributed by atoms with Crippen LogP contribution in [0.3, 0.4) is 0 Å². The molecule has 8 nitrogen and oxygen atoms in total. The third-order valence-electron chi connectivity index (χ3n) is 5.23. The molecule has 188 valence electrons. The smallest absolute Gasteiger partial charge is 0.338 e. The van der Waals surface area contributed by atoms with E-state index in [1.54, 1.807) is 68.4 Å². The van der Waals surface area contributed by atoms with Crippen molar-refractivity contribution in [2.75, 3.05) is 15.5 Å². The molecule has 0 aromatic heterocycles. The van der Waals surface area contributed by atoms with Gasteiger partial charge in [-0.15, -0.1) is 0 Å². The van der Waals surface area contributed by atoms with E-state index >= 15 is 0 Å². The molecule has 1 aliphatic heterocycles. The Morgan fingerprint density at radius 1 is 0.838 bits per heavy atom. The summed E-state index contributed by atoms with van der Waals surface area (Å²) in [6.45, 7) is 3.52. The van der Waals surface area contributed by atoms with Crippen molar-refractivity contribution in [2.24, 2.45) is 0 Å². The minimum Gasteiger partial charge on any atom is -0.459 e. The summed E-state index contributed by atoms with van der Waals surface area (Å²) in [6.07, 6.45) is -0.239. The van der Waals surface area contributed by atoms with Crippen LogP contribution in [0, 0.1) is 0 Å². The van der Waals surface area contributed by atoms with E-state index in [1.807, 2.05) is 0 Å². The first-order valence-corrected chi connectivity index (χ1v) is 11.9. The average molecular weight is 538 g/mol. The van der Waals surface area contributed by atoms with Crippen LogP contribution in [0.5, 0.6) is 0 Å². The lowest BCUT2D eigenvalue weighted by Crippen LogP contribution is -2.32. The molecule has 0 fully saturated rings. The van der Waals surface area contributed by atoms with Crippen molar-refractivity contribution >= 4 is 64.0 Å². The molecule has 2 N–H and O–H groups in total. The van der Waals surface area contributed by atoms with Crippen molar-refractivity contribution in [3.63, 3.8) is 0 Å². The molecule has 0 saturated heterocycles. The van der Waals surface area contributed by atoms with Crippen LogP contribution >= 0.6 is 23.2 Å². The zero-order chi connectivity index (χ0) is 26.7. The molecule has 1 aliphatic rings. The molecule has 0 unspecified atom stereocenters. The largest absolute Gasteiger partial charge is 0.459 e. The lowest BCUT2D eigenvalue weighted by molar-refractivity contribution is -0.120. The number of rotatable bonds is 7. The van der Waals surface area contributed by atoms with Gasteiger partial charge in [-0.25, -0.2) is 9.69 Å². The second kappa shape index (κ2) is 10.9. The van der Waals surface area contributed by atoms with Gasteiger partial charge in [0, 0.05) is 22.0 Å². The first-order valence-electron chi connectivity index (χ1n) is 11.2. The maximum Gasteiger partial charge on any atom is 0.338 e. The quantitative estimate of drug-likeness (QED) is 0.300. The number of benzene rings is 3. The molecular weight excluding hydrogens is 517 g/mol. The normalized spacial score (nSPS) is 13.3. The van der Waals surface area contributed by atoms with Crippen LogP contribution in [0.25, 0.3) is 0 Å². The lowest BCUT2D eigenvalue weighted by Gasteiger charge is -2.15. The number of nitrogens with one attached hydrogen (secondary N) is 2. The fraction of sp³-hybridized carbons (Fsp3) is 0.111. The minimum atomic E-state index is -0.675. The SMILES string of the molecule is CC(C)OC(=O)c1ccc(NC(=O)c2cccc(NC3=C(Cl)C(=O)N(c4ccc(Cl)cc4)C3=O)c2)cc1. The van der Waals surface area contributed by atoms with E-state index in [1.165, 1.54) is 18.2 Å². The van der Waals surface area contributed by atoms with Gasteiger partial charge in [0.2, 0.25) is 0 Å². The third kappa shape index (κ3) is 5.82. The summed E-state index contributed by atoms with van der Waals surface area (Å²) in [7, 11) is 0. The molecule has 3 aromatic carbocycles. The Morgan fingerprint density at radius 2 is 1.51 bits per heavy atom. The van der Waals surface area contributed by atoms with Crippen molar-refractivity contribution in [3.8, 4) is 0 Å². The molecule has 3 aromatic rings. The van der Waals surface area contributed by atoms with Gasteiger partial charge in [0.25, 0.3) is 17.7 Å². The van der Waals surface area contributed by atoms with Crippen LogP contribution < -0.4 is 15.5 Å². The van der Waals surface area contributed by atoms with Gasteiger partial charge in [0.15, 0.2) is 0 Å². The number of anilines is 3. The van der Waals surface area contributed by atoms with Crippen LogP contribution in [-0.2, 0) is 14.3 Å². The molecule has 4 rings (SSSR count). The van der Waals surface area contributed by atoms with Crippen LogP contribution in [0.15, 0.2) is 83.5 Å². The van der Waals surface area contributed by atoms with Gasteiger partial charge in [0.05, 0.1) is 17.4 Å². The first-order chi connectivity index (χ1) is 17.6. The highest BCUT2D eigenvalue weighted by molar-refractivity contribution is 6.53. The number of imide groups is 1. The lowest BCUT2D eigenvalue weighted by atomic mass is 10.1. The highest BCUT2D eigenvalue weighted by atomic mass is 35.5. The number of hydrogen-bond acceptors (Lipinski definition) is 6. The molecule has 0 saturated carbocycles. The van der Waals surface area contributed by atoms with Crippen molar-refractivity contribution in [1.29, 1.82) is 0 Å². The van der Waals surface area contributed by atoms with Crippen LogP contribution in [0.4, 0.5) is 17.1 Å². The summed E-state index contributed by atoms with van der Waals surface area (Å²) in [5.41, 5.74) is 1.73. The van der Waals surface area contributed by atoms with E-state index in [9.17, 15) is 19.2 Å². The number of carbonyl (C=O) groups excluding carboxylic acids is 4. The topological polar surface area (TPSA) is 105 Å². The van der Waals surface area contributed by atoms with Gasteiger partial charge in [-0.1, -0.05) is 29.3 Å². The van der Waals surface area contributed by atoms with Crippen molar-refractivity contribution in [3.05, 3.63) is 99.7 Å². The minimum absolute atomic E-state index is 0.108. The van der Waals surface area contributed by atoms with Crippen LogP contribution in [0.2, 0.25) is 5.02 Å². The molecule has 3 amide bonds. The van der Waals surface area contributed by atoms with E-state index < -0.39 is 23.7 Å². The third-order valence-corrected chi connectivity index (χ3v) is 5.83. The van der Waals surface area contributed by atoms with Crippen LogP contribution in [-0.4, -0.2) is 29.8 Å². The second-order valence-electron chi connectivity index (χ2n) is 8.30. The number of hydrogen-bond donors (Lipinski definition) is 2. The van der Waals surface area contributed by atoms with Gasteiger partial charge in [-0.05, 0) is 80.6 Å². The molecule has 0 radical (unpaired) electrons. The molecule has 0 aliphatic carbocycles. The molecule has 37 heavy (non-hydrogen) atoms. The van der Waals surface area contributed by atoms with Gasteiger partial charge in [-0.3, -0.25) is 14.4 Å². The summed E-state index contributed by atoms with van der Waals surface area (Å²) >= 11 is 12.1. The molecule has 0 atom stereocenters. The summed E-state index contributed by atoms with van der Waals surface area (Å²) in [5, 5.41) is 5.79. The van der Waals surface area contributed by atoms with Crippen molar-refractivity contribution < 1.29 is 23.9 Å². The zero-order valence-electron chi connectivity index (χ0n) is 19.7. The zero-order valence-corrected chi connectivity index (χ0v) is 21.3. The summed E-state index contributed by atoms with van der Waals surface area (Å²) in [6, 6.07) is 18.9. The Bertz CT molecular complexity index is 1420. The number of nitrogens with zero attached hydrogens (tertiary/aromatic N) is 1. The van der Waals surface area contributed by atoms with E-state index in [0.29, 0.717) is 27.6 Å². The predicted molar refractivity (Wildman–Crippen MR) is 142 cm³/mol. The Morgan fingerprint density at radius 3 is 2.16 bits per heavy atom. The second-order valence-corrected chi connectivity index (χ2v) is 9.12. The predicted octanol–water partition coefficient (Wildman–Crippen LogP) is 5.59. The van der Waals surface area contributed by atoms with Crippen molar-refractivity contribution in [2.45, 2.75) is 20.0 Å². The molecule has 0 spiro atoms. The van der Waals surface area contributed by atoms with Gasteiger partial charge < -0.3 is 15.4 Å². The van der Waals surface area contributed by atoms with E-state index in [-0.39, 0.29) is 22.4 Å². The summed E-state index contributed by atoms with van der Waals surface area (Å²) in [4.78, 5) is 51.3. The summed E-state index contributed by atoms with van der Waals surface area (Å²) < 4.78 is 5.15. The Kier molecular flexibility index (Phi) is 7.61. The number of esters is 1. The van der Waals surface area contributed by atoms with Gasteiger partial charge >= 0.3 is 5.97 Å². The number of halogens is 2. The Balaban J connectivity index is 1.46. The highest BCUT2D eigenvalue weighted by Crippen LogP contribution is 2.31. The number of carbonyl (C=O) groups is 4. The molecule has 1 heterocycles. The van der Waals surface area contributed by atoms with Gasteiger partial charge in [-0.2, -0.15) is 0 Å². The fourth-order valence-electron chi connectivity index (χ4n) is 3.49. The highest BCUT2D eigenvalue weighted by Gasteiger charge is 2.39. The standard InChI is InChI=1S/C27H21Cl2N3O5/c1-15(2)37-27(36)16-6-10-19(11-7-16)31-24(33)17-4-3-5-20(14-17)30-23-22(29)25(34)32(26(23)35)21-12-8-18(28)9-13-21/h3-15,30H,1-2H3,(H,31,33). The first kappa shape index (κ1) is 25.9. The number of amides is 3. The maximum absolute atomic E-state index is 13.0. The maximum atomic E-state index is 13.0. The van der Waals surface area contributed by atoms with Crippen LogP contribution in [0.1, 0.15) is 34.6 Å². The summed E-state index contributed by atoms with van der Waals surface area (Å²) in [5.74, 6) is -2.18. The van der Waals surface area contributed by atoms with Gasteiger partial charge in [0.1, 0.15) is 10.7 Å². The Hall–Kier alpha value is -4.14. The number of ether oxygens (including phenoxy) is 1. The average Bonchev–Trinajstić information content (AvgIpc) is 3.08. The molecule has 0 bridgehead atoms. The van der Waals surface area contributed by atoms with E-state index in [4.69, 9.17) is 27.9 Å². The van der Waals surface area contributed by atoms with Crippen molar-refractivity contribution in [1.82, 2.24) is 0 Å². The monoisotopic (exact) mass is 537 g/mol. The molecule has 10 heteroatoms. The van der Waals surface area contributed by atoms with E-state index in [0.717, 1.165) is 4.90 Å². The molecular formula is C27H21Cl2N3O5. The Labute approximate surface area is 222 Å². The van der Waals surface area contributed by atoms with E-state index in [2.05, 4.69) is 10.6 Å².